The van der Waals surface area contributed by atoms with E-state index in [-0.39, 0.29) is 12.1 Å². The first kappa shape index (κ1) is 18.4. The van der Waals surface area contributed by atoms with Gasteiger partial charge in [-0.3, -0.25) is 0 Å². The van der Waals surface area contributed by atoms with E-state index in [1.54, 1.807) is 18.4 Å². The number of alkyl halides is 2. The molecular formula is C14H24F2N2O2S. The van der Waals surface area contributed by atoms with E-state index >= 15 is 0 Å². The van der Waals surface area contributed by atoms with Gasteiger partial charge in [0.2, 0.25) is 0 Å². The lowest BCUT2D eigenvalue weighted by Gasteiger charge is -2.20. The first-order valence-electron chi connectivity index (χ1n) is 6.89. The van der Waals surface area contributed by atoms with Crippen molar-refractivity contribution >= 4 is 11.3 Å². The monoisotopic (exact) mass is 322 g/mol. The average molecular weight is 322 g/mol. The molecule has 0 radical (unpaired) electrons. The molecule has 0 atom stereocenters. The molecule has 21 heavy (non-hydrogen) atoms. The largest absolute Gasteiger partial charge is 0.378 e. The second-order valence-electron chi connectivity index (χ2n) is 5.73. The van der Waals surface area contributed by atoms with Crippen molar-refractivity contribution in [3.05, 3.63) is 15.6 Å². The van der Waals surface area contributed by atoms with Crippen molar-refractivity contribution in [2.75, 3.05) is 20.3 Å². The van der Waals surface area contributed by atoms with Crippen molar-refractivity contribution in [1.29, 1.82) is 0 Å². The fourth-order valence-corrected chi connectivity index (χ4v) is 2.60. The number of hydrogen-bond acceptors (Lipinski definition) is 5. The number of nitrogens with zero attached hydrogens (tertiary/aromatic N) is 1. The topological polar surface area (TPSA) is 43.4 Å². The Morgan fingerprint density at radius 3 is 2.62 bits per heavy atom. The van der Waals surface area contributed by atoms with Gasteiger partial charge in [0.05, 0.1) is 23.9 Å². The third-order valence-electron chi connectivity index (χ3n) is 2.59. The van der Waals surface area contributed by atoms with E-state index in [0.717, 1.165) is 22.1 Å². The van der Waals surface area contributed by atoms with Crippen LogP contribution in [0.2, 0.25) is 0 Å². The predicted molar refractivity (Wildman–Crippen MR) is 79.9 cm³/mol. The first-order chi connectivity index (χ1) is 9.81. The Hall–Kier alpha value is -0.630. The Labute approximate surface area is 128 Å². The standard InChI is InChI=1S/C14H24F2N2O2S/c1-14(2,3)17-7-11-10(8-19-4)18-13(21-11)5-6-20-9-12(15)16/h12,17H,5-9H2,1-4H3. The van der Waals surface area contributed by atoms with Gasteiger partial charge in [-0.15, -0.1) is 11.3 Å². The fourth-order valence-electron chi connectivity index (χ4n) is 1.61. The summed E-state index contributed by atoms with van der Waals surface area (Å²) >= 11 is 1.58. The van der Waals surface area contributed by atoms with Crippen molar-refractivity contribution < 1.29 is 18.3 Å². The maximum Gasteiger partial charge on any atom is 0.261 e. The summed E-state index contributed by atoms with van der Waals surface area (Å²) in [5.74, 6) is 0. The zero-order chi connectivity index (χ0) is 15.9. The molecule has 1 rings (SSSR count). The Balaban J connectivity index is 2.57. The maximum absolute atomic E-state index is 12.0. The average Bonchev–Trinajstić information content (AvgIpc) is 2.74. The quantitative estimate of drug-likeness (QED) is 0.710. The normalized spacial score (nSPS) is 12.3. The van der Waals surface area contributed by atoms with E-state index in [4.69, 9.17) is 9.47 Å². The summed E-state index contributed by atoms with van der Waals surface area (Å²) in [6, 6.07) is 0. The van der Waals surface area contributed by atoms with Gasteiger partial charge in [0, 0.05) is 30.5 Å². The molecule has 0 aliphatic heterocycles. The number of rotatable bonds is 9. The zero-order valence-electron chi connectivity index (χ0n) is 13.0. The molecule has 0 aromatic carbocycles. The Kier molecular flexibility index (Phi) is 7.65. The summed E-state index contributed by atoms with van der Waals surface area (Å²) in [5.41, 5.74) is 0.928. The Morgan fingerprint density at radius 2 is 2.05 bits per heavy atom. The highest BCUT2D eigenvalue weighted by Gasteiger charge is 2.15. The van der Waals surface area contributed by atoms with Gasteiger partial charge in [-0.2, -0.15) is 0 Å². The van der Waals surface area contributed by atoms with Crippen LogP contribution in [0.1, 0.15) is 36.3 Å². The SMILES string of the molecule is COCc1nc(CCOCC(F)F)sc1CNC(C)(C)C. The third-order valence-corrected chi connectivity index (χ3v) is 3.74. The molecule has 1 N–H and O–H groups in total. The fraction of sp³-hybridized carbons (Fsp3) is 0.786. The summed E-state index contributed by atoms with van der Waals surface area (Å²) in [5, 5.41) is 4.31. The van der Waals surface area contributed by atoms with E-state index in [2.05, 4.69) is 31.1 Å². The number of ether oxygens (including phenoxy) is 2. The summed E-state index contributed by atoms with van der Waals surface area (Å²) in [7, 11) is 1.63. The number of hydrogen-bond donors (Lipinski definition) is 1. The van der Waals surface area contributed by atoms with E-state index < -0.39 is 13.0 Å². The van der Waals surface area contributed by atoms with Crippen LogP contribution in [0, 0.1) is 0 Å². The minimum Gasteiger partial charge on any atom is -0.378 e. The molecule has 0 aliphatic rings. The smallest absolute Gasteiger partial charge is 0.261 e. The molecule has 1 aromatic heterocycles. The minimum atomic E-state index is -2.42. The molecule has 1 aromatic rings. The van der Waals surface area contributed by atoms with Crippen LogP contribution in [-0.2, 0) is 29.0 Å². The highest BCUT2D eigenvalue weighted by atomic mass is 32.1. The van der Waals surface area contributed by atoms with Crippen LogP contribution in [0.3, 0.4) is 0 Å². The van der Waals surface area contributed by atoms with Gasteiger partial charge < -0.3 is 14.8 Å². The van der Waals surface area contributed by atoms with E-state index in [1.165, 1.54) is 0 Å². The summed E-state index contributed by atoms with van der Waals surface area (Å²) in [6.07, 6.45) is -1.87. The molecule has 122 valence electrons. The first-order valence-corrected chi connectivity index (χ1v) is 7.71. The van der Waals surface area contributed by atoms with Crippen molar-refractivity contribution in [3.8, 4) is 0 Å². The molecule has 1 heterocycles. The third kappa shape index (κ3) is 7.80. The molecule has 0 aliphatic carbocycles. The number of thiazole rings is 1. The van der Waals surface area contributed by atoms with Gasteiger partial charge in [-0.25, -0.2) is 13.8 Å². The molecule has 0 saturated carbocycles. The van der Waals surface area contributed by atoms with Crippen LogP contribution in [-0.4, -0.2) is 37.3 Å². The lowest BCUT2D eigenvalue weighted by atomic mass is 10.1. The summed E-state index contributed by atoms with van der Waals surface area (Å²) in [4.78, 5) is 5.62. The molecule has 7 heteroatoms. The van der Waals surface area contributed by atoms with E-state index in [0.29, 0.717) is 13.0 Å². The Bertz CT molecular complexity index is 420. The second-order valence-corrected chi connectivity index (χ2v) is 6.90. The Morgan fingerprint density at radius 1 is 1.33 bits per heavy atom. The second kappa shape index (κ2) is 8.73. The molecule has 0 bridgehead atoms. The van der Waals surface area contributed by atoms with Crippen LogP contribution < -0.4 is 5.32 Å². The van der Waals surface area contributed by atoms with Gasteiger partial charge in [-0.1, -0.05) is 0 Å². The molecule has 4 nitrogen and oxygen atoms in total. The summed E-state index contributed by atoms with van der Waals surface area (Å²) in [6.45, 7) is 7.22. The van der Waals surface area contributed by atoms with Crippen molar-refractivity contribution in [1.82, 2.24) is 10.3 Å². The molecule has 0 spiro atoms. The minimum absolute atomic E-state index is 0.0227. The molecule has 0 fully saturated rings. The van der Waals surface area contributed by atoms with Crippen LogP contribution in [0.4, 0.5) is 8.78 Å². The van der Waals surface area contributed by atoms with Crippen LogP contribution in [0.15, 0.2) is 0 Å². The number of nitrogens with one attached hydrogen (secondary N) is 1. The highest BCUT2D eigenvalue weighted by Crippen LogP contribution is 2.21. The van der Waals surface area contributed by atoms with E-state index in [1.807, 2.05) is 0 Å². The number of methoxy groups -OCH3 is 1. The summed E-state index contributed by atoms with van der Waals surface area (Å²) < 4.78 is 34.0. The van der Waals surface area contributed by atoms with Crippen molar-refractivity contribution in [2.24, 2.45) is 0 Å². The predicted octanol–water partition coefficient (Wildman–Crippen LogP) is 3.00. The molecular weight excluding hydrogens is 298 g/mol. The molecule has 0 saturated heterocycles. The lowest BCUT2D eigenvalue weighted by molar-refractivity contribution is 0.0187. The van der Waals surface area contributed by atoms with Crippen molar-refractivity contribution in [3.63, 3.8) is 0 Å². The van der Waals surface area contributed by atoms with Gasteiger partial charge in [0.1, 0.15) is 6.61 Å². The van der Waals surface area contributed by atoms with Gasteiger partial charge in [-0.05, 0) is 20.8 Å². The number of aromatic nitrogens is 1. The van der Waals surface area contributed by atoms with Crippen LogP contribution in [0.25, 0.3) is 0 Å². The van der Waals surface area contributed by atoms with Crippen molar-refractivity contribution in [2.45, 2.75) is 52.3 Å². The lowest BCUT2D eigenvalue weighted by Crippen LogP contribution is -2.35. The van der Waals surface area contributed by atoms with Crippen LogP contribution >= 0.6 is 11.3 Å². The molecule has 0 amide bonds. The zero-order valence-corrected chi connectivity index (χ0v) is 13.9. The van der Waals surface area contributed by atoms with Gasteiger partial charge in [0.15, 0.2) is 0 Å². The number of halogens is 2. The maximum atomic E-state index is 12.0. The molecule has 0 unspecified atom stereocenters. The highest BCUT2D eigenvalue weighted by molar-refractivity contribution is 7.11. The van der Waals surface area contributed by atoms with E-state index in [9.17, 15) is 8.78 Å². The van der Waals surface area contributed by atoms with Gasteiger partial charge >= 0.3 is 0 Å². The van der Waals surface area contributed by atoms with Crippen LogP contribution in [0.5, 0.6) is 0 Å². The van der Waals surface area contributed by atoms with Gasteiger partial charge in [0.25, 0.3) is 6.43 Å².